The number of halogens is 1. The second-order valence-corrected chi connectivity index (χ2v) is 13.9. The molecule has 2 aromatic heterocycles. The van der Waals surface area contributed by atoms with E-state index in [0.717, 1.165) is 26.4 Å². The zero-order valence-electron chi connectivity index (χ0n) is 22.4. The van der Waals surface area contributed by atoms with Crippen molar-refractivity contribution in [2.45, 2.75) is 37.5 Å². The standard InChI is InChI=1S/C29H30ClN3O5S2/c1-19-16-24(26-25(20(2)39-27(26)31-19)22-10-7-11-23(17-22)37-3)32-40(35,36)29(30)12-14-33(15-13-29)28(34)38-18-21-8-5-4-6-9-21/h4-11,16-17H,12-15,18H2,1-3H3,(H,31,32). The quantitative estimate of drug-likeness (QED) is 0.237. The summed E-state index contributed by atoms with van der Waals surface area (Å²) in [4.78, 5) is 20.5. The molecule has 0 spiro atoms. The van der Waals surface area contributed by atoms with Crippen LogP contribution in [-0.4, -0.2) is 48.8 Å². The number of methoxy groups -OCH3 is 1. The van der Waals surface area contributed by atoms with Crippen LogP contribution in [-0.2, 0) is 21.4 Å². The molecule has 0 bridgehead atoms. The predicted octanol–water partition coefficient (Wildman–Crippen LogP) is 6.70. The number of carbonyl (C=O) groups is 1. The van der Waals surface area contributed by atoms with Gasteiger partial charge in [-0.2, -0.15) is 0 Å². The molecule has 1 aliphatic rings. The maximum atomic E-state index is 13.8. The van der Waals surface area contributed by atoms with E-state index in [9.17, 15) is 13.2 Å². The highest BCUT2D eigenvalue weighted by molar-refractivity contribution is 7.95. The van der Waals surface area contributed by atoms with Gasteiger partial charge < -0.3 is 14.4 Å². The molecule has 1 amide bonds. The van der Waals surface area contributed by atoms with Crippen molar-refractivity contribution in [1.29, 1.82) is 0 Å². The lowest BCUT2D eigenvalue weighted by atomic mass is 10.0. The molecule has 8 nitrogen and oxygen atoms in total. The number of pyridine rings is 1. The number of hydrogen-bond acceptors (Lipinski definition) is 7. The summed E-state index contributed by atoms with van der Waals surface area (Å²) in [6, 6.07) is 18.8. The number of nitrogens with zero attached hydrogens (tertiary/aromatic N) is 2. The highest BCUT2D eigenvalue weighted by atomic mass is 35.5. The number of aryl methyl sites for hydroxylation is 2. The van der Waals surface area contributed by atoms with Crippen molar-refractivity contribution in [3.8, 4) is 16.9 Å². The molecule has 3 heterocycles. The van der Waals surface area contributed by atoms with Crippen LogP contribution in [0.1, 0.15) is 29.0 Å². The minimum atomic E-state index is -4.06. The lowest BCUT2D eigenvalue weighted by Gasteiger charge is -2.36. The van der Waals surface area contributed by atoms with E-state index in [1.807, 2.05) is 68.4 Å². The Morgan fingerprint density at radius 2 is 1.82 bits per heavy atom. The van der Waals surface area contributed by atoms with E-state index < -0.39 is 20.3 Å². The van der Waals surface area contributed by atoms with Gasteiger partial charge in [0.25, 0.3) is 10.0 Å². The van der Waals surface area contributed by atoms with E-state index in [0.29, 0.717) is 22.5 Å². The maximum absolute atomic E-state index is 13.8. The van der Waals surface area contributed by atoms with Gasteiger partial charge in [-0.3, -0.25) is 4.72 Å². The summed E-state index contributed by atoms with van der Waals surface area (Å²) in [5.41, 5.74) is 3.78. The molecule has 210 valence electrons. The van der Waals surface area contributed by atoms with Crippen molar-refractivity contribution in [3.05, 3.63) is 76.8 Å². The zero-order valence-corrected chi connectivity index (χ0v) is 24.8. The number of amides is 1. The number of ether oxygens (including phenoxy) is 2. The van der Waals surface area contributed by atoms with Crippen LogP contribution in [0, 0.1) is 13.8 Å². The van der Waals surface area contributed by atoms with Gasteiger partial charge in [-0.1, -0.05) is 54.1 Å². The lowest BCUT2D eigenvalue weighted by Crippen LogP contribution is -2.49. The van der Waals surface area contributed by atoms with Gasteiger partial charge in [0.1, 0.15) is 17.2 Å². The number of likely N-dealkylation sites (tertiary alicyclic amines) is 1. The Bertz CT molecular complexity index is 1650. The Kier molecular flexibility index (Phi) is 7.94. The number of rotatable bonds is 7. The minimum Gasteiger partial charge on any atom is -0.497 e. The van der Waals surface area contributed by atoms with E-state index in [-0.39, 0.29) is 32.5 Å². The van der Waals surface area contributed by atoms with Crippen molar-refractivity contribution >= 4 is 55.0 Å². The molecule has 5 rings (SSSR count). The highest BCUT2D eigenvalue weighted by Crippen LogP contribution is 2.44. The van der Waals surface area contributed by atoms with Crippen molar-refractivity contribution < 1.29 is 22.7 Å². The van der Waals surface area contributed by atoms with E-state index in [1.165, 1.54) is 16.2 Å². The summed E-state index contributed by atoms with van der Waals surface area (Å²) in [7, 11) is -2.45. The molecule has 4 aromatic rings. The number of hydrogen-bond donors (Lipinski definition) is 1. The molecule has 1 N–H and O–H groups in total. The first-order chi connectivity index (χ1) is 19.1. The molecule has 0 unspecified atom stereocenters. The molecule has 1 saturated heterocycles. The second-order valence-electron chi connectivity index (χ2n) is 9.77. The number of aromatic nitrogens is 1. The Hall–Kier alpha value is -3.34. The number of piperidine rings is 1. The average Bonchev–Trinajstić information content (AvgIpc) is 3.28. The second kappa shape index (κ2) is 11.3. The van der Waals surface area contributed by atoms with Gasteiger partial charge in [0.2, 0.25) is 0 Å². The van der Waals surface area contributed by atoms with Crippen LogP contribution in [0.2, 0.25) is 0 Å². The molecule has 0 saturated carbocycles. The molecule has 11 heteroatoms. The van der Waals surface area contributed by atoms with Crippen LogP contribution in [0.5, 0.6) is 5.75 Å². The van der Waals surface area contributed by atoms with Crippen molar-refractivity contribution in [1.82, 2.24) is 9.88 Å². The first-order valence-electron chi connectivity index (χ1n) is 12.8. The highest BCUT2D eigenvalue weighted by Gasteiger charge is 2.46. The summed E-state index contributed by atoms with van der Waals surface area (Å²) < 4.78 is 39.6. The Labute approximate surface area is 242 Å². The summed E-state index contributed by atoms with van der Waals surface area (Å²) in [5, 5.41) is 0.715. The van der Waals surface area contributed by atoms with Gasteiger partial charge in [-0.15, -0.1) is 11.3 Å². The molecule has 1 aliphatic heterocycles. The predicted molar refractivity (Wildman–Crippen MR) is 160 cm³/mol. The topological polar surface area (TPSA) is 97.8 Å². The van der Waals surface area contributed by atoms with Gasteiger partial charge in [0.15, 0.2) is 4.21 Å². The molecule has 1 fully saturated rings. The minimum absolute atomic E-state index is 0.0585. The van der Waals surface area contributed by atoms with Crippen molar-refractivity contribution in [2.75, 3.05) is 24.9 Å². The van der Waals surface area contributed by atoms with Gasteiger partial charge in [0.05, 0.1) is 12.8 Å². The molecule has 40 heavy (non-hydrogen) atoms. The monoisotopic (exact) mass is 599 g/mol. The Balaban J connectivity index is 1.37. The third kappa shape index (κ3) is 5.61. The first kappa shape index (κ1) is 28.2. The molecule has 0 aliphatic carbocycles. The smallest absolute Gasteiger partial charge is 0.410 e. The van der Waals surface area contributed by atoms with Gasteiger partial charge in [-0.25, -0.2) is 18.2 Å². The summed E-state index contributed by atoms with van der Waals surface area (Å²) in [5.74, 6) is 0.701. The van der Waals surface area contributed by atoms with Crippen LogP contribution in [0.15, 0.2) is 60.7 Å². The normalized spacial score (nSPS) is 15.2. The van der Waals surface area contributed by atoms with E-state index >= 15 is 0 Å². The number of sulfonamides is 1. The van der Waals surface area contributed by atoms with E-state index in [4.69, 9.17) is 21.1 Å². The fourth-order valence-electron chi connectivity index (χ4n) is 4.88. The maximum Gasteiger partial charge on any atom is 0.410 e. The molecular weight excluding hydrogens is 570 g/mol. The molecule has 2 aromatic carbocycles. The van der Waals surface area contributed by atoms with Gasteiger partial charge in [0, 0.05) is 47.5 Å². The number of alkyl halides is 1. The third-order valence-electron chi connectivity index (χ3n) is 7.02. The largest absolute Gasteiger partial charge is 0.497 e. The molecule has 0 radical (unpaired) electrons. The van der Waals surface area contributed by atoms with Crippen LogP contribution < -0.4 is 9.46 Å². The summed E-state index contributed by atoms with van der Waals surface area (Å²) in [6.07, 6.45) is -0.373. The molecular formula is C29H30ClN3O5S2. The summed E-state index contributed by atoms with van der Waals surface area (Å²) >= 11 is 8.30. The van der Waals surface area contributed by atoms with E-state index in [2.05, 4.69) is 9.71 Å². The number of thiophene rings is 1. The van der Waals surface area contributed by atoms with Crippen LogP contribution in [0.25, 0.3) is 21.3 Å². The van der Waals surface area contributed by atoms with Gasteiger partial charge >= 0.3 is 6.09 Å². The van der Waals surface area contributed by atoms with Crippen molar-refractivity contribution in [2.24, 2.45) is 0 Å². The van der Waals surface area contributed by atoms with Crippen LogP contribution in [0.4, 0.5) is 10.5 Å². The average molecular weight is 600 g/mol. The first-order valence-corrected chi connectivity index (χ1v) is 15.5. The number of fused-ring (bicyclic) bond motifs is 1. The summed E-state index contributed by atoms with van der Waals surface area (Å²) in [6.45, 7) is 4.29. The third-order valence-corrected chi connectivity index (χ3v) is 10.9. The number of nitrogens with one attached hydrogen (secondary N) is 1. The van der Waals surface area contributed by atoms with Crippen molar-refractivity contribution in [3.63, 3.8) is 0 Å². The number of benzene rings is 2. The lowest BCUT2D eigenvalue weighted by molar-refractivity contribution is 0.0883. The molecule has 0 atom stereocenters. The van der Waals surface area contributed by atoms with E-state index in [1.54, 1.807) is 13.2 Å². The fraction of sp³-hybridized carbons (Fsp3) is 0.310. The number of anilines is 1. The van der Waals surface area contributed by atoms with Crippen LogP contribution >= 0.6 is 22.9 Å². The Morgan fingerprint density at radius 1 is 1.10 bits per heavy atom. The fourth-order valence-corrected chi connectivity index (χ4v) is 7.63. The zero-order chi connectivity index (χ0) is 28.5. The number of carbonyl (C=O) groups excluding carboxylic acids is 1. The SMILES string of the molecule is COc1cccc(-c2c(C)sc3nc(C)cc(NS(=O)(=O)C4(Cl)CCN(C(=O)OCc5ccccc5)CC4)c23)c1. The van der Waals surface area contributed by atoms with Gasteiger partial charge in [-0.05, 0) is 43.2 Å². The Morgan fingerprint density at radius 3 is 2.52 bits per heavy atom. The van der Waals surface area contributed by atoms with Crippen LogP contribution in [0.3, 0.4) is 0 Å².